The van der Waals surface area contributed by atoms with Gasteiger partial charge in [-0.15, -0.1) is 0 Å². The lowest BCUT2D eigenvalue weighted by Gasteiger charge is -2.15. The van der Waals surface area contributed by atoms with Gasteiger partial charge in [-0.2, -0.15) is 0 Å². The molecular formula is C19H20N4O. The van der Waals surface area contributed by atoms with Crippen molar-refractivity contribution in [2.45, 2.75) is 12.5 Å². The van der Waals surface area contributed by atoms with E-state index in [1.807, 2.05) is 48.7 Å². The second kappa shape index (κ2) is 7.57. The summed E-state index contributed by atoms with van der Waals surface area (Å²) in [6.07, 6.45) is 7.60. The molecule has 2 aromatic heterocycles. The molecule has 0 saturated carbocycles. The second-order valence-electron chi connectivity index (χ2n) is 5.61. The first-order chi connectivity index (χ1) is 11.8. The number of nitrogens with two attached hydrogens (primary N) is 1. The number of hydrogen-bond donors (Lipinski definition) is 3. The van der Waals surface area contributed by atoms with Gasteiger partial charge < -0.3 is 16.0 Å². The van der Waals surface area contributed by atoms with E-state index in [2.05, 4.69) is 15.3 Å². The summed E-state index contributed by atoms with van der Waals surface area (Å²) in [4.78, 5) is 19.5. The number of aromatic amines is 1. The Hall–Kier alpha value is -2.92. The van der Waals surface area contributed by atoms with Crippen LogP contribution in [0.3, 0.4) is 0 Å². The van der Waals surface area contributed by atoms with E-state index in [1.165, 1.54) is 6.08 Å². The van der Waals surface area contributed by atoms with E-state index in [-0.39, 0.29) is 11.9 Å². The van der Waals surface area contributed by atoms with Gasteiger partial charge in [0.2, 0.25) is 5.91 Å². The molecule has 0 aliphatic carbocycles. The summed E-state index contributed by atoms with van der Waals surface area (Å²) in [6, 6.07) is 13.7. The first-order valence-electron chi connectivity index (χ1n) is 7.91. The van der Waals surface area contributed by atoms with Crippen molar-refractivity contribution in [1.29, 1.82) is 0 Å². The van der Waals surface area contributed by atoms with Gasteiger partial charge in [0.25, 0.3) is 0 Å². The molecule has 5 nitrogen and oxygen atoms in total. The van der Waals surface area contributed by atoms with Crippen LogP contribution in [-0.4, -0.2) is 28.5 Å². The minimum absolute atomic E-state index is 0.0887. The summed E-state index contributed by atoms with van der Waals surface area (Å²) in [6.45, 7) is 0.394. The van der Waals surface area contributed by atoms with Gasteiger partial charge in [-0.3, -0.25) is 4.79 Å². The number of nitrogens with zero attached hydrogens (tertiary/aromatic N) is 1. The van der Waals surface area contributed by atoms with Gasteiger partial charge in [0.15, 0.2) is 0 Å². The molecular weight excluding hydrogens is 300 g/mol. The van der Waals surface area contributed by atoms with E-state index in [9.17, 15) is 4.79 Å². The highest BCUT2D eigenvalue weighted by atomic mass is 16.1. The van der Waals surface area contributed by atoms with Crippen molar-refractivity contribution < 1.29 is 4.79 Å². The zero-order chi connectivity index (χ0) is 16.8. The molecule has 0 aliphatic rings. The molecule has 5 heteroatoms. The minimum Gasteiger partial charge on any atom is -0.348 e. The fraction of sp³-hybridized carbons (Fsp3) is 0.158. The van der Waals surface area contributed by atoms with Crippen LogP contribution in [0.1, 0.15) is 11.1 Å². The number of carbonyl (C=O) groups excluding carboxylic acids is 1. The SMILES string of the molecule is NC[C@H](Cc1ccccc1)NC(=O)C=Cc1c[nH]c2ncccc12. The lowest BCUT2D eigenvalue weighted by Crippen LogP contribution is -2.40. The fourth-order valence-corrected chi connectivity index (χ4v) is 2.62. The molecule has 2 heterocycles. The number of amides is 1. The number of hydrogen-bond acceptors (Lipinski definition) is 3. The first-order valence-corrected chi connectivity index (χ1v) is 7.91. The van der Waals surface area contributed by atoms with Crippen molar-refractivity contribution in [1.82, 2.24) is 15.3 Å². The van der Waals surface area contributed by atoms with Gasteiger partial charge in [-0.1, -0.05) is 30.3 Å². The maximum absolute atomic E-state index is 12.2. The molecule has 0 aliphatic heterocycles. The third-order valence-corrected chi connectivity index (χ3v) is 3.85. The van der Waals surface area contributed by atoms with Gasteiger partial charge in [-0.05, 0) is 30.2 Å². The summed E-state index contributed by atoms with van der Waals surface area (Å²) in [7, 11) is 0. The van der Waals surface area contributed by atoms with E-state index >= 15 is 0 Å². The third kappa shape index (κ3) is 3.88. The van der Waals surface area contributed by atoms with Crippen molar-refractivity contribution >= 4 is 23.0 Å². The molecule has 1 atom stereocenters. The highest BCUT2D eigenvalue weighted by Crippen LogP contribution is 2.16. The van der Waals surface area contributed by atoms with Crippen molar-refractivity contribution in [2.75, 3.05) is 6.54 Å². The Kier molecular flexibility index (Phi) is 5.03. The lowest BCUT2D eigenvalue weighted by atomic mass is 10.1. The Bertz CT molecular complexity index is 839. The maximum Gasteiger partial charge on any atom is 0.244 e. The molecule has 0 radical (unpaired) electrons. The van der Waals surface area contributed by atoms with Crippen LogP contribution in [0.15, 0.2) is 60.9 Å². The van der Waals surface area contributed by atoms with Crippen LogP contribution < -0.4 is 11.1 Å². The molecule has 24 heavy (non-hydrogen) atoms. The molecule has 122 valence electrons. The molecule has 0 unspecified atom stereocenters. The standard InChI is InChI=1S/C19H20N4O/c20-12-16(11-14-5-2-1-3-6-14)23-18(24)9-8-15-13-22-19-17(15)7-4-10-21-19/h1-10,13,16H,11-12,20H2,(H,21,22)(H,23,24)/t16-/m0/s1. The predicted octanol–water partition coefficient (Wildman–Crippen LogP) is 2.26. The Morgan fingerprint density at radius 3 is 2.88 bits per heavy atom. The Balaban J connectivity index is 1.63. The van der Waals surface area contributed by atoms with E-state index < -0.39 is 0 Å². The van der Waals surface area contributed by atoms with Crippen molar-refractivity contribution in [3.05, 3.63) is 72.1 Å². The summed E-state index contributed by atoms with van der Waals surface area (Å²) in [5, 5.41) is 3.94. The number of benzene rings is 1. The molecule has 4 N–H and O–H groups in total. The monoisotopic (exact) mass is 320 g/mol. The Labute approximate surface area is 140 Å². The van der Waals surface area contributed by atoms with Gasteiger partial charge in [-0.25, -0.2) is 4.98 Å². The van der Waals surface area contributed by atoms with Crippen LogP contribution in [0.2, 0.25) is 0 Å². The number of pyridine rings is 1. The summed E-state index contributed by atoms with van der Waals surface area (Å²) in [5.41, 5.74) is 8.67. The average Bonchev–Trinajstić information content (AvgIpc) is 3.03. The molecule has 0 bridgehead atoms. The maximum atomic E-state index is 12.2. The Morgan fingerprint density at radius 2 is 2.08 bits per heavy atom. The van der Waals surface area contributed by atoms with E-state index in [1.54, 1.807) is 12.3 Å². The van der Waals surface area contributed by atoms with Crippen molar-refractivity contribution in [3.8, 4) is 0 Å². The number of H-pyrrole nitrogens is 1. The number of aromatic nitrogens is 2. The van der Waals surface area contributed by atoms with E-state index in [0.717, 1.165) is 22.2 Å². The van der Waals surface area contributed by atoms with Gasteiger partial charge in [0.05, 0.1) is 0 Å². The largest absolute Gasteiger partial charge is 0.348 e. The predicted molar refractivity (Wildman–Crippen MR) is 96.3 cm³/mol. The van der Waals surface area contributed by atoms with Gasteiger partial charge >= 0.3 is 0 Å². The minimum atomic E-state index is -0.153. The van der Waals surface area contributed by atoms with Crippen molar-refractivity contribution in [2.24, 2.45) is 5.73 Å². The summed E-state index contributed by atoms with van der Waals surface area (Å²) < 4.78 is 0. The molecule has 3 rings (SSSR count). The molecule has 0 fully saturated rings. The zero-order valence-electron chi connectivity index (χ0n) is 13.3. The van der Waals surface area contributed by atoms with Crippen LogP contribution in [0.4, 0.5) is 0 Å². The number of fused-ring (bicyclic) bond motifs is 1. The van der Waals surface area contributed by atoms with Gasteiger partial charge in [0.1, 0.15) is 5.65 Å². The van der Waals surface area contributed by atoms with Crippen LogP contribution in [0.5, 0.6) is 0 Å². The van der Waals surface area contributed by atoms with Crippen molar-refractivity contribution in [3.63, 3.8) is 0 Å². The number of carbonyl (C=O) groups is 1. The highest BCUT2D eigenvalue weighted by molar-refractivity contribution is 5.95. The fourth-order valence-electron chi connectivity index (χ4n) is 2.62. The van der Waals surface area contributed by atoms with E-state index in [0.29, 0.717) is 13.0 Å². The lowest BCUT2D eigenvalue weighted by molar-refractivity contribution is -0.117. The first kappa shape index (κ1) is 16.0. The highest BCUT2D eigenvalue weighted by Gasteiger charge is 2.10. The smallest absolute Gasteiger partial charge is 0.244 e. The second-order valence-corrected chi connectivity index (χ2v) is 5.61. The average molecular weight is 320 g/mol. The quantitative estimate of drug-likeness (QED) is 0.609. The van der Waals surface area contributed by atoms with Crippen LogP contribution in [0.25, 0.3) is 17.1 Å². The van der Waals surface area contributed by atoms with Crippen LogP contribution >= 0.6 is 0 Å². The molecule has 3 aromatic rings. The molecule has 1 amide bonds. The third-order valence-electron chi connectivity index (χ3n) is 3.85. The Morgan fingerprint density at radius 1 is 1.25 bits per heavy atom. The van der Waals surface area contributed by atoms with Crippen LogP contribution in [0, 0.1) is 0 Å². The normalized spacial score (nSPS) is 12.5. The molecule has 1 aromatic carbocycles. The zero-order valence-corrected chi connectivity index (χ0v) is 13.3. The molecule has 0 spiro atoms. The summed E-state index contributed by atoms with van der Waals surface area (Å²) in [5.74, 6) is -0.153. The topological polar surface area (TPSA) is 83.8 Å². The van der Waals surface area contributed by atoms with Gasteiger partial charge in [0, 0.05) is 42.0 Å². The van der Waals surface area contributed by atoms with E-state index in [4.69, 9.17) is 5.73 Å². The molecule has 0 saturated heterocycles. The number of rotatable bonds is 6. The van der Waals surface area contributed by atoms with Crippen LogP contribution in [-0.2, 0) is 11.2 Å². The number of nitrogens with one attached hydrogen (secondary N) is 2. The summed E-state index contributed by atoms with van der Waals surface area (Å²) >= 11 is 0.